The summed E-state index contributed by atoms with van der Waals surface area (Å²) in [5.74, 6) is -0.828. The predicted octanol–water partition coefficient (Wildman–Crippen LogP) is 0.645. The minimum Gasteiger partial charge on any atom is -0.459 e. The van der Waals surface area contributed by atoms with E-state index in [1.165, 1.54) is 0 Å². The summed E-state index contributed by atoms with van der Waals surface area (Å²) >= 11 is 0. The van der Waals surface area contributed by atoms with Crippen molar-refractivity contribution in [3.05, 3.63) is 5.89 Å². The minimum absolute atomic E-state index is 0.0226. The maximum atomic E-state index is 11.0. The van der Waals surface area contributed by atoms with Gasteiger partial charge in [0.1, 0.15) is 0 Å². The van der Waals surface area contributed by atoms with Gasteiger partial charge >= 0.3 is 17.9 Å². The fourth-order valence-electron chi connectivity index (χ4n) is 0.667. The molecule has 0 aliphatic rings. The van der Waals surface area contributed by atoms with Crippen LogP contribution in [0.5, 0.6) is 6.08 Å². The largest absolute Gasteiger partial charge is 0.459 e. The number of nitrogens with zero attached hydrogens (tertiary/aromatic N) is 2. The first-order valence-electron chi connectivity index (χ1n) is 3.91. The first kappa shape index (κ1) is 9.50. The van der Waals surface area contributed by atoms with Crippen molar-refractivity contribution in [1.82, 2.24) is 10.2 Å². The van der Waals surface area contributed by atoms with E-state index >= 15 is 0 Å². The monoisotopic (exact) mass is 186 g/mol. The second-order valence-corrected chi connectivity index (χ2v) is 2.03. The Hall–Kier alpha value is -1.59. The van der Waals surface area contributed by atoms with Crippen LogP contribution in [0.3, 0.4) is 0 Å². The summed E-state index contributed by atoms with van der Waals surface area (Å²) in [6.45, 7) is 4.14. The topological polar surface area (TPSA) is 74.5 Å². The fourth-order valence-corrected chi connectivity index (χ4v) is 0.667. The Morgan fingerprint density at radius 2 is 2.15 bits per heavy atom. The molecule has 0 radical (unpaired) electrons. The molecule has 0 fully saturated rings. The van der Waals surface area contributed by atoms with Crippen molar-refractivity contribution >= 4 is 5.97 Å². The highest BCUT2D eigenvalue weighted by Crippen LogP contribution is 2.08. The van der Waals surface area contributed by atoms with E-state index in [0.717, 1.165) is 0 Å². The number of carbonyl (C=O) groups is 1. The Labute approximate surface area is 74.8 Å². The molecular formula is C7H10N2O4. The summed E-state index contributed by atoms with van der Waals surface area (Å²) in [6.07, 6.45) is -0.0226. The summed E-state index contributed by atoms with van der Waals surface area (Å²) in [4.78, 5) is 11.0. The second-order valence-electron chi connectivity index (χ2n) is 2.03. The van der Waals surface area contributed by atoms with Crippen molar-refractivity contribution in [3.8, 4) is 6.08 Å². The van der Waals surface area contributed by atoms with E-state index in [0.29, 0.717) is 6.61 Å². The number of ether oxygens (including phenoxy) is 2. The number of esters is 1. The van der Waals surface area contributed by atoms with E-state index in [4.69, 9.17) is 9.15 Å². The third kappa shape index (κ3) is 2.43. The van der Waals surface area contributed by atoms with Gasteiger partial charge in [-0.2, -0.15) is 0 Å². The van der Waals surface area contributed by atoms with Gasteiger partial charge < -0.3 is 13.9 Å². The van der Waals surface area contributed by atoms with Crippen LogP contribution in [0, 0.1) is 0 Å². The average molecular weight is 186 g/mol. The lowest BCUT2D eigenvalue weighted by Crippen LogP contribution is -2.04. The lowest BCUT2D eigenvalue weighted by molar-refractivity contribution is 0.0473. The predicted molar refractivity (Wildman–Crippen MR) is 41.4 cm³/mol. The Bertz CT molecular complexity index is 284. The number of hydrogen-bond acceptors (Lipinski definition) is 6. The van der Waals surface area contributed by atoms with Gasteiger partial charge in [0, 0.05) is 0 Å². The molecule has 1 rings (SSSR count). The van der Waals surface area contributed by atoms with Crippen LogP contribution < -0.4 is 4.74 Å². The second kappa shape index (κ2) is 4.44. The van der Waals surface area contributed by atoms with Crippen LogP contribution in [0.25, 0.3) is 0 Å². The van der Waals surface area contributed by atoms with Crippen LogP contribution >= 0.6 is 0 Å². The van der Waals surface area contributed by atoms with Crippen LogP contribution in [0.2, 0.25) is 0 Å². The molecule has 0 aliphatic heterocycles. The average Bonchev–Trinajstić information content (AvgIpc) is 2.54. The zero-order chi connectivity index (χ0) is 9.68. The summed E-state index contributed by atoms with van der Waals surface area (Å²) in [5.41, 5.74) is 0. The molecule has 0 bridgehead atoms. The lowest BCUT2D eigenvalue weighted by atomic mass is 10.7. The molecule has 72 valence electrons. The zero-order valence-electron chi connectivity index (χ0n) is 7.44. The Balaban J connectivity index is 2.62. The molecule has 1 heterocycles. The Morgan fingerprint density at radius 3 is 2.77 bits per heavy atom. The summed E-state index contributed by atoms with van der Waals surface area (Å²) < 4.78 is 14.3. The van der Waals surface area contributed by atoms with Gasteiger partial charge in [0.15, 0.2) is 0 Å². The molecule has 0 saturated carbocycles. The van der Waals surface area contributed by atoms with E-state index in [2.05, 4.69) is 14.9 Å². The van der Waals surface area contributed by atoms with Crippen LogP contribution in [-0.2, 0) is 4.74 Å². The van der Waals surface area contributed by atoms with Crippen molar-refractivity contribution in [2.75, 3.05) is 13.2 Å². The highest BCUT2D eigenvalue weighted by Gasteiger charge is 2.15. The van der Waals surface area contributed by atoms with E-state index in [-0.39, 0.29) is 18.6 Å². The van der Waals surface area contributed by atoms with E-state index in [9.17, 15) is 4.79 Å². The molecule has 0 amide bonds. The molecule has 0 N–H and O–H groups in total. The molecule has 1 aromatic rings. The molecule has 6 heteroatoms. The summed E-state index contributed by atoms with van der Waals surface area (Å²) in [5, 5.41) is 6.91. The minimum atomic E-state index is -0.638. The first-order chi connectivity index (χ1) is 6.27. The van der Waals surface area contributed by atoms with Gasteiger partial charge in [-0.05, 0) is 13.8 Å². The standard InChI is InChI=1S/C7H10N2O4/c1-3-11-6(10)5-8-9-7(13-5)12-4-2/h3-4H2,1-2H3. The Morgan fingerprint density at radius 1 is 1.38 bits per heavy atom. The number of rotatable bonds is 4. The molecule has 13 heavy (non-hydrogen) atoms. The van der Waals surface area contributed by atoms with Gasteiger partial charge in [-0.1, -0.05) is 10.2 Å². The molecule has 0 saturated heterocycles. The summed E-state index contributed by atoms with van der Waals surface area (Å²) in [6, 6.07) is 0. The molecule has 0 unspecified atom stereocenters. The molecule has 0 atom stereocenters. The van der Waals surface area contributed by atoms with Gasteiger partial charge in [-0.25, -0.2) is 4.79 Å². The SMILES string of the molecule is CCOC(=O)c1nnc(OCC)o1. The smallest absolute Gasteiger partial charge is 0.415 e. The van der Waals surface area contributed by atoms with Crippen molar-refractivity contribution in [2.24, 2.45) is 0 Å². The molecule has 0 spiro atoms. The normalized spacial score (nSPS) is 9.69. The zero-order valence-corrected chi connectivity index (χ0v) is 7.44. The van der Waals surface area contributed by atoms with Crippen LogP contribution in [0.15, 0.2) is 4.42 Å². The maximum absolute atomic E-state index is 11.0. The summed E-state index contributed by atoms with van der Waals surface area (Å²) in [7, 11) is 0. The van der Waals surface area contributed by atoms with Crippen LogP contribution in [0.1, 0.15) is 24.5 Å². The van der Waals surface area contributed by atoms with Crippen molar-refractivity contribution in [2.45, 2.75) is 13.8 Å². The number of hydrogen-bond donors (Lipinski definition) is 0. The van der Waals surface area contributed by atoms with Gasteiger partial charge in [-0.15, -0.1) is 0 Å². The van der Waals surface area contributed by atoms with E-state index < -0.39 is 5.97 Å². The number of carbonyl (C=O) groups excluding carboxylic acids is 1. The lowest BCUT2D eigenvalue weighted by Gasteiger charge is -1.94. The molecule has 6 nitrogen and oxygen atoms in total. The van der Waals surface area contributed by atoms with Gasteiger partial charge in [-0.3, -0.25) is 0 Å². The first-order valence-corrected chi connectivity index (χ1v) is 3.91. The van der Waals surface area contributed by atoms with Crippen molar-refractivity contribution in [3.63, 3.8) is 0 Å². The van der Waals surface area contributed by atoms with Crippen molar-refractivity contribution in [1.29, 1.82) is 0 Å². The molecular weight excluding hydrogens is 176 g/mol. The van der Waals surface area contributed by atoms with Gasteiger partial charge in [0.25, 0.3) is 0 Å². The van der Waals surface area contributed by atoms with Crippen LogP contribution in [0.4, 0.5) is 0 Å². The fraction of sp³-hybridized carbons (Fsp3) is 0.571. The number of aromatic nitrogens is 2. The van der Waals surface area contributed by atoms with Crippen LogP contribution in [-0.4, -0.2) is 29.4 Å². The van der Waals surface area contributed by atoms with E-state index in [1.54, 1.807) is 13.8 Å². The third-order valence-electron chi connectivity index (χ3n) is 1.12. The highest BCUT2D eigenvalue weighted by atomic mass is 16.6. The molecule has 1 aromatic heterocycles. The highest BCUT2D eigenvalue weighted by molar-refractivity contribution is 5.83. The molecule has 0 aromatic carbocycles. The van der Waals surface area contributed by atoms with E-state index in [1.807, 2.05) is 0 Å². The van der Waals surface area contributed by atoms with Gasteiger partial charge in [0.2, 0.25) is 0 Å². The van der Waals surface area contributed by atoms with Gasteiger partial charge in [0.05, 0.1) is 13.2 Å². The van der Waals surface area contributed by atoms with Crippen molar-refractivity contribution < 1.29 is 18.7 Å². The Kier molecular flexibility index (Phi) is 3.24. The quantitative estimate of drug-likeness (QED) is 0.642. The molecule has 0 aliphatic carbocycles. The maximum Gasteiger partial charge on any atom is 0.415 e. The third-order valence-corrected chi connectivity index (χ3v) is 1.12.